The molecular weight excluding hydrogens is 382 g/mol. The molecule has 0 bridgehead atoms. The molecule has 2 aromatic rings. The lowest BCUT2D eigenvalue weighted by Crippen LogP contribution is -2.46. The molecule has 1 N–H and O–H groups in total. The first-order valence-corrected chi connectivity index (χ1v) is 11.1. The Bertz CT molecular complexity index is 825. The third kappa shape index (κ3) is 3.48. The maximum Gasteiger partial charge on any atom is 0.413 e. The lowest BCUT2D eigenvalue weighted by atomic mass is 9.82. The van der Waals surface area contributed by atoms with E-state index in [2.05, 4.69) is 21.7 Å². The second kappa shape index (κ2) is 7.59. The van der Waals surface area contributed by atoms with Crippen LogP contribution in [0.4, 0.5) is 9.93 Å². The first-order chi connectivity index (χ1) is 13.1. The molecule has 2 amide bonds. The molecule has 0 unspecified atom stereocenters. The van der Waals surface area contributed by atoms with E-state index >= 15 is 0 Å². The molecule has 144 valence electrons. The van der Waals surface area contributed by atoms with Gasteiger partial charge in [-0.05, 0) is 31.2 Å². The summed E-state index contributed by atoms with van der Waals surface area (Å²) in [5.74, 6) is 0.251. The van der Waals surface area contributed by atoms with Crippen LogP contribution in [0.15, 0.2) is 17.5 Å². The first kappa shape index (κ1) is 18.4. The summed E-state index contributed by atoms with van der Waals surface area (Å²) < 4.78 is 4.91. The molecule has 27 heavy (non-hydrogen) atoms. The molecule has 1 aliphatic carbocycles. The summed E-state index contributed by atoms with van der Waals surface area (Å²) in [6.45, 7) is 3.34. The summed E-state index contributed by atoms with van der Waals surface area (Å²) in [6, 6.07) is 4.15. The van der Waals surface area contributed by atoms with E-state index in [1.165, 1.54) is 16.2 Å². The molecular formula is C19H23N3O3S2. The van der Waals surface area contributed by atoms with Crippen LogP contribution in [0.25, 0.3) is 0 Å². The van der Waals surface area contributed by atoms with Crippen LogP contribution < -0.4 is 5.32 Å². The van der Waals surface area contributed by atoms with Gasteiger partial charge in [0, 0.05) is 22.7 Å². The highest BCUT2D eigenvalue weighted by Crippen LogP contribution is 2.45. The van der Waals surface area contributed by atoms with Gasteiger partial charge >= 0.3 is 6.09 Å². The van der Waals surface area contributed by atoms with Crippen molar-refractivity contribution >= 4 is 39.8 Å². The van der Waals surface area contributed by atoms with E-state index in [-0.39, 0.29) is 11.3 Å². The Morgan fingerprint density at radius 2 is 2.19 bits per heavy atom. The fourth-order valence-electron chi connectivity index (χ4n) is 4.07. The molecule has 0 aromatic carbocycles. The van der Waals surface area contributed by atoms with Gasteiger partial charge in [0.25, 0.3) is 0 Å². The second-order valence-corrected chi connectivity index (χ2v) is 9.01. The Morgan fingerprint density at radius 3 is 2.89 bits per heavy atom. The predicted molar refractivity (Wildman–Crippen MR) is 106 cm³/mol. The van der Waals surface area contributed by atoms with Crippen molar-refractivity contribution in [1.29, 1.82) is 0 Å². The number of amides is 2. The minimum absolute atomic E-state index is 0.251. The van der Waals surface area contributed by atoms with Crippen molar-refractivity contribution < 1.29 is 14.3 Å². The van der Waals surface area contributed by atoms with Crippen molar-refractivity contribution in [3.63, 3.8) is 0 Å². The number of nitrogens with zero attached hydrogens (tertiary/aromatic N) is 2. The zero-order chi connectivity index (χ0) is 18.9. The van der Waals surface area contributed by atoms with Gasteiger partial charge in [0.2, 0.25) is 5.91 Å². The van der Waals surface area contributed by atoms with E-state index in [0.29, 0.717) is 24.8 Å². The molecule has 0 spiro atoms. The Labute approximate surface area is 166 Å². The molecule has 6 nitrogen and oxygen atoms in total. The van der Waals surface area contributed by atoms with Crippen LogP contribution in [0.1, 0.15) is 48.1 Å². The largest absolute Gasteiger partial charge is 0.450 e. The van der Waals surface area contributed by atoms with Crippen molar-refractivity contribution in [2.45, 2.75) is 51.0 Å². The zero-order valence-electron chi connectivity index (χ0n) is 15.3. The molecule has 1 aliphatic heterocycles. The Kier molecular flexibility index (Phi) is 5.19. The van der Waals surface area contributed by atoms with Gasteiger partial charge in [-0.25, -0.2) is 9.78 Å². The van der Waals surface area contributed by atoms with Gasteiger partial charge in [-0.3, -0.25) is 10.1 Å². The fraction of sp³-hybridized carbons (Fsp3) is 0.526. The monoisotopic (exact) mass is 405 g/mol. The number of thiophene rings is 1. The SMILES string of the molecule is CCOC(=O)Nc1nc2c(s1)CN(C(=O)C1(c3cccs3)CCCC1)CC2. The van der Waals surface area contributed by atoms with E-state index < -0.39 is 6.09 Å². The molecule has 0 radical (unpaired) electrons. The molecule has 4 rings (SSSR count). The normalized spacial score (nSPS) is 18.2. The van der Waals surface area contributed by atoms with Gasteiger partial charge in [0.05, 0.1) is 24.3 Å². The van der Waals surface area contributed by atoms with Crippen LogP contribution >= 0.6 is 22.7 Å². The minimum Gasteiger partial charge on any atom is -0.450 e. The van der Waals surface area contributed by atoms with Gasteiger partial charge < -0.3 is 9.64 Å². The molecule has 3 heterocycles. The maximum atomic E-state index is 13.5. The van der Waals surface area contributed by atoms with Gasteiger partial charge in [-0.1, -0.05) is 30.2 Å². The van der Waals surface area contributed by atoms with Crippen molar-refractivity contribution in [3.05, 3.63) is 33.0 Å². The lowest BCUT2D eigenvalue weighted by Gasteiger charge is -2.35. The number of carbonyl (C=O) groups excluding carboxylic acids is 2. The van der Waals surface area contributed by atoms with E-state index in [9.17, 15) is 9.59 Å². The van der Waals surface area contributed by atoms with E-state index in [0.717, 1.165) is 42.7 Å². The topological polar surface area (TPSA) is 71.5 Å². The first-order valence-electron chi connectivity index (χ1n) is 9.38. The maximum absolute atomic E-state index is 13.5. The molecule has 2 aliphatic rings. The van der Waals surface area contributed by atoms with Crippen LogP contribution in [0.2, 0.25) is 0 Å². The predicted octanol–water partition coefficient (Wildman–Crippen LogP) is 4.17. The second-order valence-electron chi connectivity index (χ2n) is 6.98. The fourth-order valence-corrected chi connectivity index (χ4v) is 6.06. The Balaban J connectivity index is 1.51. The number of anilines is 1. The number of hydrogen-bond acceptors (Lipinski definition) is 6. The summed E-state index contributed by atoms with van der Waals surface area (Å²) in [6.07, 6.45) is 4.33. The summed E-state index contributed by atoms with van der Waals surface area (Å²) in [4.78, 5) is 33.9. The van der Waals surface area contributed by atoms with Gasteiger partial charge in [0.1, 0.15) is 0 Å². The zero-order valence-corrected chi connectivity index (χ0v) is 17.0. The summed E-state index contributed by atoms with van der Waals surface area (Å²) in [5, 5.41) is 5.28. The number of aromatic nitrogens is 1. The molecule has 1 fully saturated rings. The average Bonchev–Trinajstić information content (AvgIpc) is 3.40. The van der Waals surface area contributed by atoms with Gasteiger partial charge in [-0.15, -0.1) is 11.3 Å². The summed E-state index contributed by atoms with van der Waals surface area (Å²) in [5.41, 5.74) is 0.634. The molecule has 0 atom stereocenters. The van der Waals surface area contributed by atoms with Crippen molar-refractivity contribution in [2.75, 3.05) is 18.5 Å². The van der Waals surface area contributed by atoms with Crippen LogP contribution in [-0.4, -0.2) is 35.0 Å². The highest BCUT2D eigenvalue weighted by molar-refractivity contribution is 7.15. The molecule has 1 saturated carbocycles. The third-order valence-electron chi connectivity index (χ3n) is 5.36. The molecule has 2 aromatic heterocycles. The van der Waals surface area contributed by atoms with Crippen LogP contribution in [-0.2, 0) is 27.9 Å². The summed E-state index contributed by atoms with van der Waals surface area (Å²) in [7, 11) is 0. The van der Waals surface area contributed by atoms with E-state index in [4.69, 9.17) is 4.74 Å². The summed E-state index contributed by atoms with van der Waals surface area (Å²) >= 11 is 3.13. The molecule has 8 heteroatoms. The smallest absolute Gasteiger partial charge is 0.413 e. The number of ether oxygens (including phenoxy) is 1. The number of thiazole rings is 1. The van der Waals surface area contributed by atoms with Crippen LogP contribution in [0.5, 0.6) is 0 Å². The van der Waals surface area contributed by atoms with Crippen LogP contribution in [0.3, 0.4) is 0 Å². The lowest BCUT2D eigenvalue weighted by molar-refractivity contribution is -0.138. The van der Waals surface area contributed by atoms with Crippen LogP contribution in [0, 0.1) is 0 Å². The number of rotatable bonds is 4. The third-order valence-corrected chi connectivity index (χ3v) is 7.43. The van der Waals surface area contributed by atoms with E-state index in [1.54, 1.807) is 18.3 Å². The number of carbonyl (C=O) groups is 2. The quantitative estimate of drug-likeness (QED) is 0.829. The van der Waals surface area contributed by atoms with Gasteiger partial charge in [0.15, 0.2) is 5.13 Å². The van der Waals surface area contributed by atoms with Crippen molar-refractivity contribution in [3.8, 4) is 0 Å². The number of nitrogens with one attached hydrogen (secondary N) is 1. The number of fused-ring (bicyclic) bond motifs is 1. The Hall–Kier alpha value is -1.93. The standard InChI is InChI=1S/C19H23N3O3S2/c1-2-25-18(24)21-17-20-13-7-10-22(12-14(13)27-17)16(23)19(8-3-4-9-19)15-6-5-11-26-15/h5-6,11H,2-4,7-10,12H2,1H3,(H,20,21,24). The molecule has 0 saturated heterocycles. The van der Waals surface area contributed by atoms with Gasteiger partial charge in [-0.2, -0.15) is 0 Å². The highest BCUT2D eigenvalue weighted by Gasteiger charge is 2.46. The van der Waals surface area contributed by atoms with E-state index in [1.807, 2.05) is 11.0 Å². The minimum atomic E-state index is -0.487. The highest BCUT2D eigenvalue weighted by atomic mass is 32.1. The van der Waals surface area contributed by atoms with Crippen molar-refractivity contribution in [1.82, 2.24) is 9.88 Å². The average molecular weight is 406 g/mol. The number of hydrogen-bond donors (Lipinski definition) is 1. The Morgan fingerprint density at radius 1 is 1.37 bits per heavy atom. The van der Waals surface area contributed by atoms with Crippen molar-refractivity contribution in [2.24, 2.45) is 0 Å².